The van der Waals surface area contributed by atoms with E-state index in [4.69, 9.17) is 46.9 Å². The molecule has 2 aromatic rings. The van der Waals surface area contributed by atoms with E-state index in [-0.39, 0.29) is 49.5 Å². The highest BCUT2D eigenvalue weighted by atomic mass is 35.5. The van der Waals surface area contributed by atoms with E-state index in [1.54, 1.807) is 44.7 Å². The zero-order valence-electron chi connectivity index (χ0n) is 37.7. The first-order valence-corrected chi connectivity index (χ1v) is 22.2. The number of nitrogens with one attached hydrogen (secondary N) is 1. The number of amides is 1. The van der Waals surface area contributed by atoms with Crippen molar-refractivity contribution in [1.82, 2.24) is 10.2 Å². The van der Waals surface area contributed by atoms with Crippen LogP contribution < -0.4 is 14.8 Å². The van der Waals surface area contributed by atoms with E-state index in [0.29, 0.717) is 25.9 Å². The Hall–Kier alpha value is -5.32. The Morgan fingerprint density at radius 1 is 0.908 bits per heavy atom. The second-order valence-electron chi connectivity index (χ2n) is 17.2. The number of carbonyl (C=O) groups excluding carboxylic acids is 6. The molecule has 4 heterocycles. The quantitative estimate of drug-likeness (QED) is 0.207. The second kappa shape index (κ2) is 19.6. The number of esters is 2. The van der Waals surface area contributed by atoms with E-state index in [1.807, 2.05) is 0 Å². The molecular formula is C48H54Cl2N2O13. The van der Waals surface area contributed by atoms with Gasteiger partial charge in [0.2, 0.25) is 11.6 Å². The Kier molecular flexibility index (Phi) is 14.8. The number of ether oxygens (including phenoxy) is 5. The molecule has 348 valence electrons. The topological polar surface area (TPSA) is 204 Å². The summed E-state index contributed by atoms with van der Waals surface area (Å²) in [6, 6.07) is 4.07. The molecule has 5 aliphatic rings. The molecule has 5 bridgehead atoms. The summed E-state index contributed by atoms with van der Waals surface area (Å²) in [6.45, 7) is 13.0. The standard InChI is InChI=1S/C48H54Cl2N2O13/c1-22-13-12-14-23(2)46(59)51-36-37(52-18-10-11-19-52)41(57)33-34(40(36)56)43(64-47(60)30-16-15-29(49)21-31(30)50)27(6)44-35(33)45(58)48(8,65-44)62-20-17-32(61-9)24(3)42(63-28(7)53)26(5)39(55)25(4)38(22)54/h12-17,20-22,24-26,32,38-39,42,54-55H,10-11,18-19H2,1-9H3,(H,51,59)/b13-12+,20-17+,23-14-/t22-,24+,25+,26-,32-,38-,39-,42+,48-/m0/s1. The van der Waals surface area contributed by atoms with Crippen molar-refractivity contribution in [2.75, 3.05) is 20.2 Å². The predicted molar refractivity (Wildman–Crippen MR) is 239 cm³/mol. The van der Waals surface area contributed by atoms with E-state index >= 15 is 9.59 Å². The van der Waals surface area contributed by atoms with Crippen LogP contribution in [0.3, 0.4) is 0 Å². The average molecular weight is 938 g/mol. The van der Waals surface area contributed by atoms with Crippen molar-refractivity contribution in [1.29, 1.82) is 0 Å². The van der Waals surface area contributed by atoms with E-state index in [2.05, 4.69) is 5.32 Å². The summed E-state index contributed by atoms with van der Waals surface area (Å²) in [5, 5.41) is 25.8. The third kappa shape index (κ3) is 9.53. The number of aliphatic hydroxyl groups is 2. The molecule has 1 saturated heterocycles. The van der Waals surface area contributed by atoms with Gasteiger partial charge in [-0.1, -0.05) is 69.1 Å². The van der Waals surface area contributed by atoms with E-state index in [9.17, 15) is 29.4 Å². The molecule has 15 nitrogen and oxygen atoms in total. The van der Waals surface area contributed by atoms with Crippen LogP contribution in [-0.4, -0.2) is 101 Å². The molecular weight excluding hydrogens is 883 g/mol. The van der Waals surface area contributed by atoms with E-state index in [1.165, 1.54) is 65.2 Å². The van der Waals surface area contributed by atoms with Crippen LogP contribution in [0.1, 0.15) is 108 Å². The molecule has 0 radical (unpaired) electrons. The first-order chi connectivity index (χ1) is 30.6. The first-order valence-electron chi connectivity index (χ1n) is 21.4. The number of methoxy groups -OCH3 is 1. The van der Waals surface area contributed by atoms with Gasteiger partial charge in [0, 0.05) is 73.9 Å². The van der Waals surface area contributed by atoms with Crippen LogP contribution in [0.25, 0.3) is 0 Å². The lowest BCUT2D eigenvalue weighted by atomic mass is 9.78. The SMILES string of the molecule is CO[C@H]1/C=C/O[C@@]2(C)Oc3c(C)c(OC(=O)c4ccc(Cl)cc4Cl)c4c(c3C2=O)C(=O)C(N2CCCC2)=C(NC(=O)/C(C)=C\C=C\[C@H](C)[C@H](O)[C@@H](C)[C@H](O)[C@H](C)[C@H](OC(C)=O)[C@@H]1C)C4=O. The van der Waals surface area contributed by atoms with Crippen LogP contribution in [0.2, 0.25) is 10.0 Å². The fourth-order valence-electron chi connectivity index (χ4n) is 8.83. The predicted octanol–water partition coefficient (Wildman–Crippen LogP) is 6.87. The summed E-state index contributed by atoms with van der Waals surface area (Å²) >= 11 is 12.5. The number of nitrogens with zero attached hydrogens (tertiary/aromatic N) is 1. The van der Waals surface area contributed by atoms with Crippen LogP contribution in [0, 0.1) is 30.6 Å². The molecule has 17 heteroatoms. The third-order valence-electron chi connectivity index (χ3n) is 12.7. The van der Waals surface area contributed by atoms with Crippen molar-refractivity contribution < 1.29 is 62.7 Å². The Balaban J connectivity index is 1.55. The number of Topliss-reactive ketones (excluding diaryl/α,β-unsaturated/α-hetero) is 3. The van der Waals surface area contributed by atoms with Gasteiger partial charge >= 0.3 is 17.7 Å². The fourth-order valence-corrected chi connectivity index (χ4v) is 9.32. The summed E-state index contributed by atoms with van der Waals surface area (Å²) in [5.74, 6) is -10.4. The van der Waals surface area contributed by atoms with Crippen LogP contribution in [0.5, 0.6) is 11.5 Å². The molecule has 1 amide bonds. The number of carbonyl (C=O) groups is 6. The molecule has 0 spiro atoms. The maximum Gasteiger partial charge on any atom is 0.345 e. The Morgan fingerprint density at radius 2 is 1.58 bits per heavy atom. The Bertz CT molecular complexity index is 2440. The third-order valence-corrected chi connectivity index (χ3v) is 13.2. The van der Waals surface area contributed by atoms with Gasteiger partial charge in [0.15, 0.2) is 0 Å². The van der Waals surface area contributed by atoms with Gasteiger partial charge in [0.1, 0.15) is 29.0 Å². The number of aliphatic hydroxyl groups excluding tert-OH is 2. The van der Waals surface area contributed by atoms with Crippen molar-refractivity contribution in [2.45, 2.75) is 98.4 Å². The van der Waals surface area contributed by atoms with Crippen molar-refractivity contribution in [3.8, 4) is 11.5 Å². The monoisotopic (exact) mass is 936 g/mol. The summed E-state index contributed by atoms with van der Waals surface area (Å²) in [5.41, 5.74) is -1.74. The highest BCUT2D eigenvalue weighted by Gasteiger charge is 2.54. The Labute approximate surface area is 387 Å². The zero-order valence-corrected chi connectivity index (χ0v) is 39.2. The molecule has 0 aromatic heterocycles. The molecule has 3 N–H and O–H groups in total. The maximum atomic E-state index is 15.2. The van der Waals surface area contributed by atoms with Crippen molar-refractivity contribution in [3.05, 3.63) is 104 Å². The molecule has 0 unspecified atom stereocenters. The molecule has 2 aromatic carbocycles. The maximum absolute atomic E-state index is 15.2. The first kappa shape index (κ1) is 49.1. The minimum Gasteiger partial charge on any atom is -0.462 e. The number of fused-ring (bicyclic) bond motifs is 14. The number of benzene rings is 2. The van der Waals surface area contributed by atoms with Gasteiger partial charge in [-0.2, -0.15) is 0 Å². The van der Waals surface area contributed by atoms with Crippen molar-refractivity contribution >= 4 is 58.4 Å². The molecule has 0 saturated carbocycles. The van der Waals surface area contributed by atoms with Gasteiger partial charge in [0.05, 0.1) is 51.9 Å². The summed E-state index contributed by atoms with van der Waals surface area (Å²) < 4.78 is 29.8. The van der Waals surface area contributed by atoms with Gasteiger partial charge in [-0.15, -0.1) is 0 Å². The van der Waals surface area contributed by atoms with Crippen LogP contribution in [0.15, 0.2) is 65.7 Å². The summed E-state index contributed by atoms with van der Waals surface area (Å²) in [7, 11) is 1.41. The summed E-state index contributed by atoms with van der Waals surface area (Å²) in [4.78, 5) is 87.0. The smallest absolute Gasteiger partial charge is 0.345 e. The van der Waals surface area contributed by atoms with Crippen LogP contribution >= 0.6 is 23.2 Å². The van der Waals surface area contributed by atoms with Gasteiger partial charge in [-0.3, -0.25) is 24.0 Å². The van der Waals surface area contributed by atoms with Gasteiger partial charge < -0.3 is 44.1 Å². The van der Waals surface area contributed by atoms with Crippen LogP contribution in [0.4, 0.5) is 0 Å². The van der Waals surface area contributed by atoms with Crippen LogP contribution in [-0.2, 0) is 23.8 Å². The second-order valence-corrected chi connectivity index (χ2v) is 18.0. The molecule has 1 aliphatic carbocycles. The molecule has 9 atom stereocenters. The zero-order chi connectivity index (χ0) is 47.8. The molecule has 4 aliphatic heterocycles. The minimum absolute atomic E-state index is 0.0179. The van der Waals surface area contributed by atoms with E-state index in [0.717, 1.165) is 6.26 Å². The number of hydrogen-bond acceptors (Lipinski definition) is 14. The number of halogens is 2. The number of hydrogen-bond donors (Lipinski definition) is 3. The number of likely N-dealkylation sites (tertiary alicyclic amines) is 1. The Morgan fingerprint density at radius 3 is 2.22 bits per heavy atom. The van der Waals surface area contributed by atoms with Crippen molar-refractivity contribution in [2.24, 2.45) is 23.7 Å². The lowest BCUT2D eigenvalue weighted by Crippen LogP contribution is -2.46. The molecule has 65 heavy (non-hydrogen) atoms. The van der Waals surface area contributed by atoms with Crippen molar-refractivity contribution in [3.63, 3.8) is 0 Å². The highest BCUT2D eigenvalue weighted by molar-refractivity contribution is 6.37. The molecule has 7 rings (SSSR count). The normalized spacial score (nSPS) is 30.5. The number of ketones is 3. The highest BCUT2D eigenvalue weighted by Crippen LogP contribution is 2.50. The lowest BCUT2D eigenvalue weighted by molar-refractivity contribution is -0.160. The summed E-state index contributed by atoms with van der Waals surface area (Å²) in [6.07, 6.45) is 4.58. The number of rotatable bonds is 5. The number of allylic oxidation sites excluding steroid dienone is 4. The molecule has 1 fully saturated rings. The largest absolute Gasteiger partial charge is 0.462 e. The van der Waals surface area contributed by atoms with Gasteiger partial charge in [-0.25, -0.2) is 4.79 Å². The lowest BCUT2D eigenvalue weighted by Gasteiger charge is -2.38. The average Bonchev–Trinajstić information content (AvgIpc) is 3.88. The minimum atomic E-state index is -2.17. The van der Waals surface area contributed by atoms with E-state index < -0.39 is 106 Å². The van der Waals surface area contributed by atoms with Gasteiger partial charge in [0.25, 0.3) is 11.7 Å². The fraction of sp³-hybridized carbons (Fsp3) is 0.458. The van der Waals surface area contributed by atoms with Gasteiger partial charge in [-0.05, 0) is 51.0 Å².